The number of aryl methyl sites for hydroxylation is 1. The highest BCUT2D eigenvalue weighted by molar-refractivity contribution is 14.0. The van der Waals surface area contributed by atoms with Crippen LogP contribution < -0.4 is 10.6 Å². The van der Waals surface area contributed by atoms with Gasteiger partial charge in [-0.2, -0.15) is 0 Å². The van der Waals surface area contributed by atoms with Gasteiger partial charge in [0.1, 0.15) is 0 Å². The van der Waals surface area contributed by atoms with Crippen LogP contribution in [0.25, 0.3) is 0 Å². The Labute approximate surface area is 176 Å². The lowest BCUT2D eigenvalue weighted by atomic mass is 10.00. The van der Waals surface area contributed by atoms with Crippen molar-refractivity contribution < 1.29 is 4.79 Å². The summed E-state index contributed by atoms with van der Waals surface area (Å²) in [5, 5.41) is 6.51. The van der Waals surface area contributed by atoms with E-state index in [0.29, 0.717) is 25.4 Å². The first-order chi connectivity index (χ1) is 12.0. The molecule has 6 heteroatoms. The van der Waals surface area contributed by atoms with Gasteiger partial charge in [0.05, 0.1) is 0 Å². The molecule has 1 amide bonds. The molecule has 1 atom stereocenters. The second-order valence-electron chi connectivity index (χ2n) is 6.28. The Bertz CT molecular complexity index is 558. The van der Waals surface area contributed by atoms with Gasteiger partial charge in [0, 0.05) is 45.1 Å². The highest BCUT2D eigenvalue weighted by Gasteiger charge is 2.10. The Balaban J connectivity index is 0.00000625. The molecule has 0 aromatic heterocycles. The zero-order chi connectivity index (χ0) is 18.7. The molecule has 0 spiro atoms. The summed E-state index contributed by atoms with van der Waals surface area (Å²) in [5.41, 5.74) is 2.57. The molecule has 0 bridgehead atoms. The summed E-state index contributed by atoms with van der Waals surface area (Å²) in [4.78, 5) is 18.6. The molecule has 1 unspecified atom stereocenters. The summed E-state index contributed by atoms with van der Waals surface area (Å²) in [6.45, 7) is 14.0. The van der Waals surface area contributed by atoms with Gasteiger partial charge < -0.3 is 15.5 Å². The van der Waals surface area contributed by atoms with Gasteiger partial charge in [-0.05, 0) is 33.3 Å². The molecule has 2 N–H and O–H groups in total. The predicted octanol–water partition coefficient (Wildman–Crippen LogP) is 3.53. The Kier molecular flexibility index (Phi) is 13.1. The zero-order valence-corrected chi connectivity index (χ0v) is 19.2. The van der Waals surface area contributed by atoms with Crippen LogP contribution in [-0.4, -0.2) is 49.5 Å². The number of benzene rings is 1. The fraction of sp³-hybridized carbons (Fsp3) is 0.600. The van der Waals surface area contributed by atoms with Crippen LogP contribution in [0.1, 0.15) is 51.2 Å². The molecular formula is C20H35IN4O. The minimum absolute atomic E-state index is 0. The van der Waals surface area contributed by atoms with Gasteiger partial charge >= 0.3 is 0 Å². The van der Waals surface area contributed by atoms with E-state index >= 15 is 0 Å². The van der Waals surface area contributed by atoms with Gasteiger partial charge in [-0.1, -0.05) is 36.8 Å². The lowest BCUT2D eigenvalue weighted by Crippen LogP contribution is -2.40. The number of halogens is 1. The van der Waals surface area contributed by atoms with E-state index in [1.165, 1.54) is 11.1 Å². The lowest BCUT2D eigenvalue weighted by Gasteiger charge is -2.19. The third kappa shape index (κ3) is 8.87. The summed E-state index contributed by atoms with van der Waals surface area (Å²) >= 11 is 0. The minimum Gasteiger partial charge on any atom is -0.357 e. The molecule has 0 saturated heterocycles. The first kappa shape index (κ1) is 24.7. The highest BCUT2D eigenvalue weighted by Crippen LogP contribution is 2.16. The van der Waals surface area contributed by atoms with Crippen LogP contribution in [0, 0.1) is 6.92 Å². The number of amides is 1. The van der Waals surface area contributed by atoms with Crippen molar-refractivity contribution in [3.05, 3.63) is 35.4 Å². The molecule has 0 fully saturated rings. The third-order valence-corrected chi connectivity index (χ3v) is 4.23. The van der Waals surface area contributed by atoms with E-state index in [0.717, 1.165) is 25.6 Å². The summed E-state index contributed by atoms with van der Waals surface area (Å²) in [6, 6.07) is 8.56. The molecule has 0 aliphatic heterocycles. The van der Waals surface area contributed by atoms with E-state index in [-0.39, 0.29) is 29.9 Å². The van der Waals surface area contributed by atoms with Crippen molar-refractivity contribution in [2.75, 3.05) is 32.7 Å². The fourth-order valence-corrected chi connectivity index (χ4v) is 2.67. The first-order valence-corrected chi connectivity index (χ1v) is 9.38. The topological polar surface area (TPSA) is 56.7 Å². The summed E-state index contributed by atoms with van der Waals surface area (Å²) < 4.78 is 0. The molecule has 0 heterocycles. The monoisotopic (exact) mass is 474 g/mol. The number of nitrogens with zero attached hydrogens (tertiary/aromatic N) is 2. The molecule has 0 saturated carbocycles. The quantitative estimate of drug-likeness (QED) is 0.327. The molecule has 0 aliphatic rings. The number of carbonyl (C=O) groups excluding carboxylic acids is 1. The largest absolute Gasteiger partial charge is 0.357 e. The van der Waals surface area contributed by atoms with E-state index in [1.54, 1.807) is 0 Å². The summed E-state index contributed by atoms with van der Waals surface area (Å²) in [7, 11) is 0. The number of rotatable bonds is 9. The van der Waals surface area contributed by atoms with Gasteiger partial charge in [0.25, 0.3) is 0 Å². The molecule has 0 aliphatic carbocycles. The molecule has 1 rings (SSSR count). The highest BCUT2D eigenvalue weighted by atomic mass is 127. The number of guanidine groups is 1. The maximum atomic E-state index is 12.1. The molecule has 5 nitrogen and oxygen atoms in total. The molecular weight excluding hydrogens is 439 g/mol. The third-order valence-electron chi connectivity index (χ3n) is 4.23. The Morgan fingerprint density at radius 2 is 1.88 bits per heavy atom. The Morgan fingerprint density at radius 3 is 2.46 bits per heavy atom. The average Bonchev–Trinajstić information content (AvgIpc) is 2.60. The first-order valence-electron chi connectivity index (χ1n) is 9.38. The van der Waals surface area contributed by atoms with E-state index in [1.807, 2.05) is 25.7 Å². The lowest BCUT2D eigenvalue weighted by molar-refractivity contribution is -0.130. The van der Waals surface area contributed by atoms with Crippen molar-refractivity contribution in [1.82, 2.24) is 15.5 Å². The maximum Gasteiger partial charge on any atom is 0.224 e. The van der Waals surface area contributed by atoms with Gasteiger partial charge in [-0.25, -0.2) is 0 Å². The number of hydrogen-bond acceptors (Lipinski definition) is 2. The van der Waals surface area contributed by atoms with E-state index < -0.39 is 0 Å². The number of carbonyl (C=O) groups is 1. The van der Waals surface area contributed by atoms with Crippen molar-refractivity contribution >= 4 is 35.8 Å². The average molecular weight is 474 g/mol. The standard InChI is InChI=1S/C20H34N4O.HI/c1-6-21-20(22-13-12-19(25)24(7-2)8-3)23-15-17(5)18-11-9-10-16(4)14-18;/h9-11,14,17H,6-8,12-13,15H2,1-5H3,(H2,21,22,23);1H. The van der Waals surface area contributed by atoms with Crippen molar-refractivity contribution in [3.8, 4) is 0 Å². The fourth-order valence-electron chi connectivity index (χ4n) is 2.67. The van der Waals surface area contributed by atoms with Crippen molar-refractivity contribution in [2.45, 2.75) is 47.0 Å². The second kappa shape index (κ2) is 13.8. The van der Waals surface area contributed by atoms with Gasteiger partial charge in [0.2, 0.25) is 5.91 Å². The van der Waals surface area contributed by atoms with Crippen LogP contribution >= 0.6 is 24.0 Å². The number of nitrogens with one attached hydrogen (secondary N) is 2. The molecule has 1 aromatic rings. The molecule has 1 aromatic carbocycles. The van der Waals surface area contributed by atoms with Crippen molar-refractivity contribution in [3.63, 3.8) is 0 Å². The van der Waals surface area contributed by atoms with Crippen LogP contribution in [0.2, 0.25) is 0 Å². The Morgan fingerprint density at radius 1 is 1.19 bits per heavy atom. The van der Waals surface area contributed by atoms with Gasteiger partial charge in [-0.15, -0.1) is 24.0 Å². The van der Waals surface area contributed by atoms with Crippen LogP contribution in [-0.2, 0) is 4.79 Å². The van der Waals surface area contributed by atoms with Gasteiger partial charge in [0.15, 0.2) is 5.96 Å². The van der Waals surface area contributed by atoms with Crippen LogP contribution in [0.15, 0.2) is 29.3 Å². The number of hydrogen-bond donors (Lipinski definition) is 2. The molecule has 0 radical (unpaired) electrons. The van der Waals surface area contributed by atoms with E-state index in [2.05, 4.69) is 53.7 Å². The van der Waals surface area contributed by atoms with Crippen LogP contribution in [0.3, 0.4) is 0 Å². The number of aliphatic imine (C=N–C) groups is 1. The molecule has 26 heavy (non-hydrogen) atoms. The predicted molar refractivity (Wildman–Crippen MR) is 122 cm³/mol. The van der Waals surface area contributed by atoms with Crippen molar-refractivity contribution in [2.24, 2.45) is 4.99 Å². The second-order valence-corrected chi connectivity index (χ2v) is 6.28. The SMILES string of the molecule is CCNC(=NCC(C)c1cccc(C)c1)NCCC(=O)N(CC)CC.I. The smallest absolute Gasteiger partial charge is 0.224 e. The zero-order valence-electron chi connectivity index (χ0n) is 16.8. The molecule has 148 valence electrons. The van der Waals surface area contributed by atoms with Gasteiger partial charge in [-0.3, -0.25) is 9.79 Å². The minimum atomic E-state index is 0. The van der Waals surface area contributed by atoms with Crippen molar-refractivity contribution in [1.29, 1.82) is 0 Å². The van der Waals surface area contributed by atoms with E-state index in [4.69, 9.17) is 0 Å². The van der Waals surface area contributed by atoms with Crippen LogP contribution in [0.5, 0.6) is 0 Å². The van der Waals surface area contributed by atoms with E-state index in [9.17, 15) is 4.79 Å². The summed E-state index contributed by atoms with van der Waals surface area (Å²) in [5.74, 6) is 1.31. The summed E-state index contributed by atoms with van der Waals surface area (Å²) in [6.07, 6.45) is 0.486. The normalized spacial score (nSPS) is 12.1. The maximum absolute atomic E-state index is 12.1. The Hall–Kier alpha value is -1.31. The van der Waals surface area contributed by atoms with Crippen LogP contribution in [0.4, 0.5) is 0 Å².